The molecule has 1 aliphatic heterocycles. The van der Waals surface area contributed by atoms with Crippen molar-refractivity contribution in [3.8, 4) is 11.5 Å². The zero-order valence-electron chi connectivity index (χ0n) is 16.6. The Morgan fingerprint density at radius 1 is 1.14 bits per heavy atom. The van der Waals surface area contributed by atoms with Gasteiger partial charge in [-0.15, -0.1) is 24.0 Å². The quantitative estimate of drug-likeness (QED) is 0.361. The molecule has 3 rings (SSSR count). The van der Waals surface area contributed by atoms with Crippen LogP contribution in [0, 0.1) is 6.92 Å². The fourth-order valence-electron chi connectivity index (χ4n) is 3.17. The third-order valence-corrected chi connectivity index (χ3v) is 4.58. The summed E-state index contributed by atoms with van der Waals surface area (Å²) in [4.78, 5) is 11.5. The zero-order valence-corrected chi connectivity index (χ0v) is 18.9. The highest BCUT2D eigenvalue weighted by molar-refractivity contribution is 14.0. The van der Waals surface area contributed by atoms with Gasteiger partial charge in [0.1, 0.15) is 5.82 Å². The second kappa shape index (κ2) is 10.4. The van der Waals surface area contributed by atoms with Crippen LogP contribution in [-0.4, -0.2) is 38.3 Å². The highest BCUT2D eigenvalue weighted by atomic mass is 127. The summed E-state index contributed by atoms with van der Waals surface area (Å²) in [6.45, 7) is 4.59. The van der Waals surface area contributed by atoms with Gasteiger partial charge >= 0.3 is 0 Å². The molecule has 0 atom stereocenters. The molecule has 7 nitrogen and oxygen atoms in total. The van der Waals surface area contributed by atoms with Gasteiger partial charge in [-0.1, -0.05) is 6.07 Å². The fraction of sp³-hybridized carbons (Fsp3) is 0.400. The number of hydrogen-bond acceptors (Lipinski definition) is 5. The predicted octanol–water partition coefficient (Wildman–Crippen LogP) is 3.55. The maximum absolute atomic E-state index is 6.08. The van der Waals surface area contributed by atoms with Gasteiger partial charge in [-0.3, -0.25) is 0 Å². The van der Waals surface area contributed by atoms with Crippen molar-refractivity contribution in [1.29, 1.82) is 0 Å². The fourth-order valence-corrected chi connectivity index (χ4v) is 3.17. The molecule has 2 heterocycles. The van der Waals surface area contributed by atoms with Crippen molar-refractivity contribution >= 4 is 41.4 Å². The van der Waals surface area contributed by atoms with E-state index in [1.807, 2.05) is 31.2 Å². The predicted molar refractivity (Wildman–Crippen MR) is 124 cm³/mol. The van der Waals surface area contributed by atoms with Crippen LogP contribution in [0.4, 0.5) is 11.5 Å². The van der Waals surface area contributed by atoms with Gasteiger partial charge in [0.15, 0.2) is 17.5 Å². The number of benzene rings is 1. The molecule has 0 radical (unpaired) electrons. The number of ether oxygens (including phenoxy) is 2. The molecule has 0 aliphatic carbocycles. The standard InChI is InChI=1S/C20H27N5O2.HI/c1-14-6-7-15(19(23-14)25-10-4-5-11-25)13-22-20(21)24-16-8-9-17(26-2)18(12-16)27-3;/h6-9,12H,4-5,10-11,13H2,1-3H3,(H3,21,22,24);1H. The molecule has 3 N–H and O–H groups in total. The average molecular weight is 497 g/mol. The highest BCUT2D eigenvalue weighted by Gasteiger charge is 2.17. The van der Waals surface area contributed by atoms with Crippen LogP contribution in [0.15, 0.2) is 35.3 Å². The largest absolute Gasteiger partial charge is 0.493 e. The maximum Gasteiger partial charge on any atom is 0.193 e. The number of guanidine groups is 1. The van der Waals surface area contributed by atoms with E-state index < -0.39 is 0 Å². The van der Waals surface area contributed by atoms with E-state index in [1.54, 1.807) is 14.2 Å². The number of halogens is 1. The lowest BCUT2D eigenvalue weighted by Crippen LogP contribution is -2.23. The summed E-state index contributed by atoms with van der Waals surface area (Å²) in [5, 5.41) is 3.10. The van der Waals surface area contributed by atoms with Gasteiger partial charge in [0.2, 0.25) is 0 Å². The van der Waals surface area contributed by atoms with Crippen LogP contribution in [-0.2, 0) is 6.54 Å². The number of aryl methyl sites for hydroxylation is 1. The van der Waals surface area contributed by atoms with Gasteiger partial charge in [-0.25, -0.2) is 9.98 Å². The van der Waals surface area contributed by atoms with E-state index in [9.17, 15) is 0 Å². The number of methoxy groups -OCH3 is 2. The lowest BCUT2D eigenvalue weighted by molar-refractivity contribution is 0.355. The van der Waals surface area contributed by atoms with E-state index in [-0.39, 0.29) is 24.0 Å². The van der Waals surface area contributed by atoms with Gasteiger partial charge in [0.25, 0.3) is 0 Å². The molecule has 0 amide bonds. The summed E-state index contributed by atoms with van der Waals surface area (Å²) in [6, 6.07) is 9.62. The molecule has 1 fully saturated rings. The van der Waals surface area contributed by atoms with Gasteiger partial charge in [0, 0.05) is 36.1 Å². The van der Waals surface area contributed by atoms with Crippen LogP contribution in [0.5, 0.6) is 11.5 Å². The second-order valence-corrected chi connectivity index (χ2v) is 6.53. The molecule has 2 aromatic rings. The normalized spacial score (nSPS) is 13.8. The minimum absolute atomic E-state index is 0. The van der Waals surface area contributed by atoms with Crippen LogP contribution in [0.25, 0.3) is 0 Å². The van der Waals surface area contributed by atoms with E-state index in [1.165, 1.54) is 12.8 Å². The molecule has 152 valence electrons. The Labute approximate surface area is 183 Å². The molecule has 8 heteroatoms. The number of pyridine rings is 1. The Morgan fingerprint density at radius 3 is 2.54 bits per heavy atom. The van der Waals surface area contributed by atoms with Crippen LogP contribution in [0.1, 0.15) is 24.1 Å². The number of aliphatic imine (C=N–C) groups is 1. The number of aromatic nitrogens is 1. The molecule has 0 bridgehead atoms. The minimum atomic E-state index is 0. The first kappa shape index (κ1) is 22.1. The van der Waals surface area contributed by atoms with E-state index in [0.717, 1.165) is 35.9 Å². The van der Waals surface area contributed by atoms with Crippen molar-refractivity contribution in [2.45, 2.75) is 26.3 Å². The van der Waals surface area contributed by atoms with E-state index in [0.29, 0.717) is 24.0 Å². The first-order valence-electron chi connectivity index (χ1n) is 9.11. The summed E-state index contributed by atoms with van der Waals surface area (Å²) < 4.78 is 10.6. The van der Waals surface area contributed by atoms with E-state index >= 15 is 0 Å². The van der Waals surface area contributed by atoms with Crippen molar-refractivity contribution in [3.63, 3.8) is 0 Å². The smallest absolute Gasteiger partial charge is 0.193 e. The molecule has 0 unspecified atom stereocenters. The summed E-state index contributed by atoms with van der Waals surface area (Å²) in [7, 11) is 3.21. The summed E-state index contributed by atoms with van der Waals surface area (Å²) in [5.74, 6) is 2.67. The van der Waals surface area contributed by atoms with Crippen LogP contribution in [0.3, 0.4) is 0 Å². The lowest BCUT2D eigenvalue weighted by atomic mass is 10.2. The maximum atomic E-state index is 6.08. The van der Waals surface area contributed by atoms with Crippen molar-refractivity contribution in [2.75, 3.05) is 37.5 Å². The third kappa shape index (κ3) is 5.40. The van der Waals surface area contributed by atoms with E-state index in [2.05, 4.69) is 21.3 Å². The van der Waals surface area contributed by atoms with Gasteiger partial charge in [-0.2, -0.15) is 0 Å². The third-order valence-electron chi connectivity index (χ3n) is 4.58. The van der Waals surface area contributed by atoms with Crippen molar-refractivity contribution in [3.05, 3.63) is 41.6 Å². The van der Waals surface area contributed by atoms with Crippen LogP contribution in [0.2, 0.25) is 0 Å². The van der Waals surface area contributed by atoms with Gasteiger partial charge in [-0.05, 0) is 38.0 Å². The minimum Gasteiger partial charge on any atom is -0.493 e. The van der Waals surface area contributed by atoms with Crippen LogP contribution < -0.4 is 25.4 Å². The first-order valence-corrected chi connectivity index (χ1v) is 9.11. The molecule has 0 saturated carbocycles. The highest BCUT2D eigenvalue weighted by Crippen LogP contribution is 2.29. The number of anilines is 2. The zero-order chi connectivity index (χ0) is 19.2. The second-order valence-electron chi connectivity index (χ2n) is 6.53. The molecular formula is C20H28IN5O2. The Morgan fingerprint density at radius 2 is 1.86 bits per heavy atom. The molecular weight excluding hydrogens is 469 g/mol. The topological polar surface area (TPSA) is 85.0 Å². The average Bonchev–Trinajstić information content (AvgIpc) is 3.21. The Kier molecular flexibility index (Phi) is 8.16. The van der Waals surface area contributed by atoms with Crippen LogP contribution >= 0.6 is 24.0 Å². The summed E-state index contributed by atoms with van der Waals surface area (Å²) in [6.07, 6.45) is 2.42. The Balaban J connectivity index is 0.00000280. The number of rotatable bonds is 6. The van der Waals surface area contributed by atoms with Gasteiger partial charge < -0.3 is 25.4 Å². The molecule has 1 saturated heterocycles. The van der Waals surface area contributed by atoms with Crippen molar-refractivity contribution < 1.29 is 9.47 Å². The van der Waals surface area contributed by atoms with Crippen molar-refractivity contribution in [2.24, 2.45) is 10.7 Å². The molecule has 1 aromatic heterocycles. The number of nitrogens with one attached hydrogen (secondary N) is 1. The van der Waals surface area contributed by atoms with Gasteiger partial charge in [0.05, 0.1) is 20.8 Å². The lowest BCUT2D eigenvalue weighted by Gasteiger charge is -2.20. The molecule has 1 aromatic carbocycles. The molecule has 28 heavy (non-hydrogen) atoms. The summed E-state index contributed by atoms with van der Waals surface area (Å²) in [5.41, 5.74) is 8.97. The monoisotopic (exact) mass is 497 g/mol. The number of hydrogen-bond donors (Lipinski definition) is 2. The number of nitrogens with two attached hydrogens (primary N) is 1. The summed E-state index contributed by atoms with van der Waals surface area (Å²) >= 11 is 0. The van der Waals surface area contributed by atoms with Crippen molar-refractivity contribution in [1.82, 2.24) is 4.98 Å². The SMILES string of the molecule is COc1ccc(NC(N)=NCc2ccc(C)nc2N2CCCC2)cc1OC.I. The Bertz CT molecular complexity index is 822. The number of nitrogens with zero attached hydrogens (tertiary/aromatic N) is 3. The molecule has 0 spiro atoms. The Hall–Kier alpha value is -2.23. The first-order chi connectivity index (χ1) is 13.1. The van der Waals surface area contributed by atoms with E-state index in [4.69, 9.17) is 20.2 Å². The molecule has 1 aliphatic rings.